The third kappa shape index (κ3) is 2.54. The molecule has 0 spiro atoms. The molecular formula is C17H18FN3. The molecule has 1 unspecified atom stereocenters. The van der Waals surface area contributed by atoms with Gasteiger partial charge >= 0.3 is 0 Å². The Bertz CT molecular complexity index is 772. The van der Waals surface area contributed by atoms with E-state index in [0.29, 0.717) is 6.42 Å². The average Bonchev–Trinajstić information content (AvgIpc) is 2.76. The molecule has 4 heteroatoms. The largest absolute Gasteiger partial charge is 0.321 e. The number of rotatable bonds is 3. The van der Waals surface area contributed by atoms with Gasteiger partial charge in [0.1, 0.15) is 5.82 Å². The normalized spacial score (nSPS) is 14.3. The molecule has 0 saturated heterocycles. The summed E-state index contributed by atoms with van der Waals surface area (Å²) in [5, 5.41) is 5.69. The minimum atomic E-state index is -0.592. The summed E-state index contributed by atoms with van der Waals surface area (Å²) >= 11 is 0. The molecular weight excluding hydrogens is 265 g/mol. The maximum atomic E-state index is 13.1. The zero-order valence-corrected chi connectivity index (χ0v) is 12.2. The maximum absolute atomic E-state index is 13.1. The molecule has 1 heterocycles. The van der Waals surface area contributed by atoms with Crippen LogP contribution < -0.4 is 5.73 Å². The lowest BCUT2D eigenvalue weighted by molar-refractivity contribution is 0.482. The smallest absolute Gasteiger partial charge is 0.123 e. The second kappa shape index (κ2) is 4.97. The molecule has 3 aromatic rings. The van der Waals surface area contributed by atoms with Crippen molar-refractivity contribution < 1.29 is 4.39 Å². The van der Waals surface area contributed by atoms with E-state index >= 15 is 0 Å². The minimum absolute atomic E-state index is 0.252. The van der Waals surface area contributed by atoms with Crippen molar-refractivity contribution in [2.24, 2.45) is 12.8 Å². The van der Waals surface area contributed by atoms with Crippen LogP contribution in [0.4, 0.5) is 4.39 Å². The lowest BCUT2D eigenvalue weighted by Crippen LogP contribution is -2.35. The summed E-state index contributed by atoms with van der Waals surface area (Å²) in [5.41, 5.74) is 8.80. The van der Waals surface area contributed by atoms with Gasteiger partial charge in [0.2, 0.25) is 0 Å². The first kappa shape index (κ1) is 13.8. The maximum Gasteiger partial charge on any atom is 0.123 e. The highest BCUT2D eigenvalue weighted by atomic mass is 19.1. The highest BCUT2D eigenvalue weighted by molar-refractivity contribution is 5.82. The van der Waals surface area contributed by atoms with Gasteiger partial charge in [0.25, 0.3) is 0 Å². The van der Waals surface area contributed by atoms with Crippen LogP contribution in [0.1, 0.15) is 18.2 Å². The molecule has 0 fully saturated rings. The number of aromatic nitrogens is 2. The molecule has 0 amide bonds. The molecule has 3 nitrogen and oxygen atoms in total. The Hall–Kier alpha value is -2.20. The Morgan fingerprint density at radius 2 is 1.81 bits per heavy atom. The van der Waals surface area contributed by atoms with E-state index in [9.17, 15) is 4.39 Å². The molecule has 0 bridgehead atoms. The summed E-state index contributed by atoms with van der Waals surface area (Å²) < 4.78 is 14.9. The second-order valence-electron chi connectivity index (χ2n) is 5.69. The van der Waals surface area contributed by atoms with Gasteiger partial charge in [0.15, 0.2) is 0 Å². The number of hydrogen-bond donors (Lipinski definition) is 1. The van der Waals surface area contributed by atoms with Crippen molar-refractivity contribution in [2.45, 2.75) is 18.9 Å². The van der Waals surface area contributed by atoms with Crippen LogP contribution in [0.25, 0.3) is 10.9 Å². The van der Waals surface area contributed by atoms with Crippen LogP contribution in [-0.2, 0) is 19.0 Å². The van der Waals surface area contributed by atoms with Gasteiger partial charge < -0.3 is 5.73 Å². The van der Waals surface area contributed by atoms with E-state index in [1.165, 1.54) is 12.1 Å². The quantitative estimate of drug-likeness (QED) is 0.802. The van der Waals surface area contributed by atoms with Crippen LogP contribution in [0.2, 0.25) is 0 Å². The predicted molar refractivity (Wildman–Crippen MR) is 82.4 cm³/mol. The topological polar surface area (TPSA) is 43.8 Å². The number of fused-ring (bicyclic) bond motifs is 1. The van der Waals surface area contributed by atoms with Crippen molar-refractivity contribution >= 4 is 10.9 Å². The van der Waals surface area contributed by atoms with Crippen molar-refractivity contribution in [3.05, 3.63) is 65.6 Å². The van der Waals surface area contributed by atoms with Crippen molar-refractivity contribution in [2.75, 3.05) is 0 Å². The van der Waals surface area contributed by atoms with E-state index in [1.54, 1.807) is 12.1 Å². The Morgan fingerprint density at radius 1 is 1.14 bits per heavy atom. The Kier molecular flexibility index (Phi) is 3.26. The molecule has 3 rings (SSSR count). The summed E-state index contributed by atoms with van der Waals surface area (Å²) in [6.07, 6.45) is 0.597. The molecule has 21 heavy (non-hydrogen) atoms. The summed E-state index contributed by atoms with van der Waals surface area (Å²) in [6.45, 7) is 1.95. The van der Waals surface area contributed by atoms with Gasteiger partial charge in [-0.25, -0.2) is 4.39 Å². The molecule has 108 valence electrons. The molecule has 0 aliphatic rings. The van der Waals surface area contributed by atoms with Crippen molar-refractivity contribution in [3.8, 4) is 0 Å². The molecule has 1 atom stereocenters. The molecule has 0 saturated carbocycles. The summed E-state index contributed by atoms with van der Waals surface area (Å²) in [7, 11) is 1.93. The molecule has 2 N–H and O–H groups in total. The zero-order valence-electron chi connectivity index (χ0n) is 12.2. The Balaban J connectivity index is 1.99. The number of aryl methyl sites for hydroxylation is 1. The fourth-order valence-electron chi connectivity index (χ4n) is 2.70. The third-order valence-corrected chi connectivity index (χ3v) is 3.87. The number of benzene rings is 2. The van der Waals surface area contributed by atoms with E-state index in [2.05, 4.69) is 11.2 Å². The first-order valence-corrected chi connectivity index (χ1v) is 6.93. The van der Waals surface area contributed by atoms with Crippen LogP contribution in [0.3, 0.4) is 0 Å². The van der Waals surface area contributed by atoms with Gasteiger partial charge in [0.05, 0.1) is 11.2 Å². The van der Waals surface area contributed by atoms with E-state index in [4.69, 9.17) is 5.73 Å². The monoisotopic (exact) mass is 283 g/mol. The van der Waals surface area contributed by atoms with Crippen LogP contribution in [0, 0.1) is 5.82 Å². The number of para-hydroxylation sites is 1. The van der Waals surface area contributed by atoms with Crippen LogP contribution in [-0.4, -0.2) is 9.78 Å². The predicted octanol–water partition coefficient (Wildman–Crippen LogP) is 3.13. The van der Waals surface area contributed by atoms with E-state index < -0.39 is 5.54 Å². The van der Waals surface area contributed by atoms with Crippen LogP contribution in [0.15, 0.2) is 48.5 Å². The van der Waals surface area contributed by atoms with Crippen molar-refractivity contribution in [1.82, 2.24) is 9.78 Å². The lowest BCUT2D eigenvalue weighted by Gasteiger charge is -2.24. The Labute approximate surface area is 123 Å². The lowest BCUT2D eigenvalue weighted by atomic mass is 9.88. The highest BCUT2D eigenvalue weighted by Crippen LogP contribution is 2.26. The van der Waals surface area contributed by atoms with Crippen molar-refractivity contribution in [1.29, 1.82) is 0 Å². The van der Waals surface area contributed by atoms with Gasteiger partial charge in [-0.05, 0) is 30.7 Å². The number of nitrogens with two attached hydrogens (primary N) is 1. The van der Waals surface area contributed by atoms with Crippen LogP contribution in [0.5, 0.6) is 0 Å². The van der Waals surface area contributed by atoms with Crippen LogP contribution >= 0.6 is 0 Å². The fraction of sp³-hybridized carbons (Fsp3) is 0.235. The molecule has 0 aliphatic heterocycles. The summed E-state index contributed by atoms with van der Waals surface area (Å²) in [4.78, 5) is 0. The minimum Gasteiger partial charge on any atom is -0.321 e. The molecule has 0 aliphatic carbocycles. The summed E-state index contributed by atoms with van der Waals surface area (Å²) in [6, 6.07) is 14.4. The van der Waals surface area contributed by atoms with Gasteiger partial charge in [-0.2, -0.15) is 5.10 Å². The zero-order chi connectivity index (χ0) is 15.0. The number of nitrogens with zero attached hydrogens (tertiary/aromatic N) is 2. The van der Waals surface area contributed by atoms with Gasteiger partial charge in [-0.3, -0.25) is 4.68 Å². The SMILES string of the molecule is Cn1nc(CC(C)(N)c2ccc(F)cc2)c2ccccc21. The molecule has 2 aromatic carbocycles. The summed E-state index contributed by atoms with van der Waals surface area (Å²) in [5.74, 6) is -0.252. The first-order chi connectivity index (χ1) is 9.97. The molecule has 1 aromatic heterocycles. The average molecular weight is 283 g/mol. The van der Waals surface area contributed by atoms with Gasteiger partial charge in [0, 0.05) is 24.4 Å². The van der Waals surface area contributed by atoms with Gasteiger partial charge in [-0.1, -0.05) is 30.3 Å². The van der Waals surface area contributed by atoms with Gasteiger partial charge in [-0.15, -0.1) is 0 Å². The van der Waals surface area contributed by atoms with Crippen molar-refractivity contribution in [3.63, 3.8) is 0 Å². The highest BCUT2D eigenvalue weighted by Gasteiger charge is 2.24. The second-order valence-corrected chi connectivity index (χ2v) is 5.69. The molecule has 0 radical (unpaired) electrons. The number of hydrogen-bond acceptors (Lipinski definition) is 2. The first-order valence-electron chi connectivity index (χ1n) is 6.93. The van der Waals surface area contributed by atoms with E-state index in [-0.39, 0.29) is 5.82 Å². The third-order valence-electron chi connectivity index (χ3n) is 3.87. The Morgan fingerprint density at radius 3 is 2.52 bits per heavy atom. The standard InChI is InChI=1S/C17H18FN3/c1-17(19,12-7-9-13(18)10-8-12)11-15-14-5-3-4-6-16(14)21(2)20-15/h3-10H,11,19H2,1-2H3. The number of halogens is 1. The van der Waals surface area contributed by atoms with E-state index in [1.807, 2.05) is 36.9 Å². The fourth-order valence-corrected chi connectivity index (χ4v) is 2.70. The van der Waals surface area contributed by atoms with E-state index in [0.717, 1.165) is 22.2 Å².